The average Bonchev–Trinajstić information content (AvgIpc) is 2.70. The SMILES string of the molecule is CC1OCCC1NC1CC(c2ccccc2F)C1. The fraction of sp³-hybridized carbons (Fsp3) is 0.600. The first-order valence-corrected chi connectivity index (χ1v) is 6.86. The molecule has 1 heterocycles. The summed E-state index contributed by atoms with van der Waals surface area (Å²) in [6.07, 6.45) is 3.51. The van der Waals surface area contributed by atoms with E-state index in [-0.39, 0.29) is 5.82 Å². The number of hydrogen-bond acceptors (Lipinski definition) is 2. The van der Waals surface area contributed by atoms with Gasteiger partial charge in [0.2, 0.25) is 0 Å². The number of hydrogen-bond donors (Lipinski definition) is 1. The summed E-state index contributed by atoms with van der Waals surface area (Å²) < 4.78 is 19.2. The quantitative estimate of drug-likeness (QED) is 0.889. The molecule has 3 rings (SSSR count). The predicted molar refractivity (Wildman–Crippen MR) is 69.1 cm³/mol. The van der Waals surface area contributed by atoms with Crippen molar-refractivity contribution in [2.24, 2.45) is 0 Å². The smallest absolute Gasteiger partial charge is 0.126 e. The molecule has 2 atom stereocenters. The average molecular weight is 249 g/mol. The number of ether oxygens (including phenoxy) is 1. The topological polar surface area (TPSA) is 21.3 Å². The Morgan fingerprint density at radius 1 is 1.28 bits per heavy atom. The molecule has 0 radical (unpaired) electrons. The Morgan fingerprint density at radius 2 is 2.06 bits per heavy atom. The Hall–Kier alpha value is -0.930. The van der Waals surface area contributed by atoms with Gasteiger partial charge in [0.15, 0.2) is 0 Å². The van der Waals surface area contributed by atoms with Gasteiger partial charge in [0, 0.05) is 18.7 Å². The summed E-state index contributed by atoms with van der Waals surface area (Å²) in [6.45, 7) is 2.99. The van der Waals surface area contributed by atoms with Crippen LogP contribution in [0.25, 0.3) is 0 Å². The van der Waals surface area contributed by atoms with Crippen molar-refractivity contribution in [2.75, 3.05) is 6.61 Å². The van der Waals surface area contributed by atoms with E-state index in [0.717, 1.165) is 31.4 Å². The minimum atomic E-state index is -0.0569. The van der Waals surface area contributed by atoms with E-state index in [1.807, 2.05) is 12.1 Å². The number of rotatable bonds is 3. The second-order valence-corrected chi connectivity index (χ2v) is 5.52. The number of benzene rings is 1. The largest absolute Gasteiger partial charge is 0.377 e. The summed E-state index contributed by atoms with van der Waals surface area (Å²) in [6, 6.07) is 8.16. The highest BCUT2D eigenvalue weighted by Gasteiger charge is 2.35. The maximum Gasteiger partial charge on any atom is 0.126 e. The van der Waals surface area contributed by atoms with Gasteiger partial charge in [-0.05, 0) is 43.7 Å². The molecule has 2 fully saturated rings. The lowest BCUT2D eigenvalue weighted by Crippen LogP contribution is -2.48. The molecule has 1 aromatic rings. The van der Waals surface area contributed by atoms with E-state index in [4.69, 9.17) is 4.74 Å². The van der Waals surface area contributed by atoms with Gasteiger partial charge in [0.05, 0.1) is 6.10 Å². The summed E-state index contributed by atoms with van der Waals surface area (Å²) in [5.74, 6) is 0.333. The maximum atomic E-state index is 13.6. The molecule has 2 unspecified atom stereocenters. The van der Waals surface area contributed by atoms with Crippen molar-refractivity contribution in [2.45, 2.75) is 50.3 Å². The van der Waals surface area contributed by atoms with Gasteiger partial charge in [-0.2, -0.15) is 0 Å². The first kappa shape index (κ1) is 12.1. The Balaban J connectivity index is 1.53. The molecule has 98 valence electrons. The highest BCUT2D eigenvalue weighted by molar-refractivity contribution is 5.24. The summed E-state index contributed by atoms with van der Waals surface area (Å²) in [4.78, 5) is 0. The third-order valence-electron chi connectivity index (χ3n) is 4.31. The molecule has 18 heavy (non-hydrogen) atoms. The van der Waals surface area contributed by atoms with E-state index < -0.39 is 0 Å². The van der Waals surface area contributed by atoms with Gasteiger partial charge in [-0.3, -0.25) is 0 Å². The van der Waals surface area contributed by atoms with E-state index >= 15 is 0 Å². The Bertz CT molecular complexity index is 417. The van der Waals surface area contributed by atoms with Crippen LogP contribution in [0, 0.1) is 5.82 Å². The normalized spacial score (nSPS) is 35.4. The van der Waals surface area contributed by atoms with Crippen LogP contribution in [0.1, 0.15) is 37.7 Å². The minimum Gasteiger partial charge on any atom is -0.377 e. The van der Waals surface area contributed by atoms with Gasteiger partial charge in [-0.1, -0.05) is 18.2 Å². The van der Waals surface area contributed by atoms with Crippen LogP contribution in [0.2, 0.25) is 0 Å². The minimum absolute atomic E-state index is 0.0569. The highest BCUT2D eigenvalue weighted by Crippen LogP contribution is 2.38. The third kappa shape index (κ3) is 2.29. The molecule has 0 amide bonds. The van der Waals surface area contributed by atoms with Crippen LogP contribution in [-0.4, -0.2) is 24.8 Å². The Kier molecular flexibility index (Phi) is 3.35. The molecule has 0 aromatic heterocycles. The molecule has 1 aliphatic carbocycles. The maximum absolute atomic E-state index is 13.6. The zero-order chi connectivity index (χ0) is 12.5. The zero-order valence-electron chi connectivity index (χ0n) is 10.7. The molecular weight excluding hydrogens is 229 g/mol. The van der Waals surface area contributed by atoms with E-state index in [9.17, 15) is 4.39 Å². The van der Waals surface area contributed by atoms with Crippen LogP contribution in [0.5, 0.6) is 0 Å². The third-order valence-corrected chi connectivity index (χ3v) is 4.31. The highest BCUT2D eigenvalue weighted by atomic mass is 19.1. The standard InChI is InChI=1S/C15H20FNO/c1-10-15(6-7-18-10)17-12-8-11(9-12)13-4-2-3-5-14(13)16/h2-5,10-12,15,17H,6-9H2,1H3. The van der Waals surface area contributed by atoms with Crippen molar-refractivity contribution in [3.05, 3.63) is 35.6 Å². The second-order valence-electron chi connectivity index (χ2n) is 5.52. The molecule has 2 nitrogen and oxygen atoms in total. The molecule has 1 saturated heterocycles. The van der Waals surface area contributed by atoms with Crippen molar-refractivity contribution in [3.8, 4) is 0 Å². The Labute approximate surface area is 108 Å². The lowest BCUT2D eigenvalue weighted by Gasteiger charge is -2.38. The second kappa shape index (κ2) is 4.98. The first-order valence-electron chi connectivity index (χ1n) is 6.86. The zero-order valence-corrected chi connectivity index (χ0v) is 10.7. The number of nitrogens with one attached hydrogen (secondary N) is 1. The lowest BCUT2D eigenvalue weighted by molar-refractivity contribution is 0.106. The molecule has 1 saturated carbocycles. The van der Waals surface area contributed by atoms with Crippen LogP contribution in [0.15, 0.2) is 24.3 Å². The van der Waals surface area contributed by atoms with Crippen molar-refractivity contribution >= 4 is 0 Å². The van der Waals surface area contributed by atoms with Gasteiger partial charge in [-0.25, -0.2) is 4.39 Å². The van der Waals surface area contributed by atoms with Crippen LogP contribution in [0.3, 0.4) is 0 Å². The molecule has 0 bridgehead atoms. The fourth-order valence-corrected chi connectivity index (χ4v) is 3.07. The van der Waals surface area contributed by atoms with Crippen molar-refractivity contribution in [3.63, 3.8) is 0 Å². The summed E-state index contributed by atoms with van der Waals surface area (Å²) >= 11 is 0. The molecule has 1 aromatic carbocycles. The lowest BCUT2D eigenvalue weighted by atomic mass is 9.75. The predicted octanol–water partition coefficient (Wildman–Crippen LogP) is 2.84. The molecule has 1 aliphatic heterocycles. The van der Waals surface area contributed by atoms with Gasteiger partial charge >= 0.3 is 0 Å². The number of halogens is 1. The van der Waals surface area contributed by atoms with Crippen LogP contribution in [-0.2, 0) is 4.74 Å². The van der Waals surface area contributed by atoms with E-state index in [0.29, 0.717) is 24.1 Å². The van der Waals surface area contributed by atoms with Crippen LogP contribution in [0.4, 0.5) is 4.39 Å². The molecule has 2 aliphatic rings. The van der Waals surface area contributed by atoms with E-state index in [2.05, 4.69) is 12.2 Å². The van der Waals surface area contributed by atoms with Crippen molar-refractivity contribution in [1.29, 1.82) is 0 Å². The van der Waals surface area contributed by atoms with Gasteiger partial charge < -0.3 is 10.1 Å². The molecular formula is C15H20FNO. The van der Waals surface area contributed by atoms with E-state index in [1.54, 1.807) is 12.1 Å². The first-order chi connectivity index (χ1) is 8.74. The molecule has 0 spiro atoms. The fourth-order valence-electron chi connectivity index (χ4n) is 3.07. The van der Waals surface area contributed by atoms with Gasteiger partial charge in [0.25, 0.3) is 0 Å². The Morgan fingerprint density at radius 3 is 2.72 bits per heavy atom. The van der Waals surface area contributed by atoms with Crippen LogP contribution >= 0.6 is 0 Å². The molecule has 1 N–H and O–H groups in total. The summed E-state index contributed by atoms with van der Waals surface area (Å²) in [5.41, 5.74) is 0.881. The summed E-state index contributed by atoms with van der Waals surface area (Å²) in [5, 5.41) is 3.64. The van der Waals surface area contributed by atoms with Gasteiger partial charge in [0.1, 0.15) is 5.82 Å². The monoisotopic (exact) mass is 249 g/mol. The van der Waals surface area contributed by atoms with Crippen LogP contribution < -0.4 is 5.32 Å². The van der Waals surface area contributed by atoms with E-state index in [1.165, 1.54) is 0 Å². The van der Waals surface area contributed by atoms with Crippen molar-refractivity contribution in [1.82, 2.24) is 5.32 Å². The van der Waals surface area contributed by atoms with Gasteiger partial charge in [-0.15, -0.1) is 0 Å². The molecule has 3 heteroatoms. The van der Waals surface area contributed by atoms with Crippen molar-refractivity contribution < 1.29 is 9.13 Å². The summed E-state index contributed by atoms with van der Waals surface area (Å²) in [7, 11) is 0.